The highest BCUT2D eigenvalue weighted by molar-refractivity contribution is 5.86. The van der Waals surface area contributed by atoms with Gasteiger partial charge >= 0.3 is 11.9 Å². The van der Waals surface area contributed by atoms with Gasteiger partial charge in [0, 0.05) is 17.9 Å². The van der Waals surface area contributed by atoms with E-state index >= 15 is 0 Å². The topological polar surface area (TPSA) is 63.6 Å². The van der Waals surface area contributed by atoms with Crippen LogP contribution in [0.4, 0.5) is 0 Å². The van der Waals surface area contributed by atoms with E-state index in [0.717, 1.165) is 31.4 Å². The van der Waals surface area contributed by atoms with Crippen molar-refractivity contribution in [3.8, 4) is 0 Å². The summed E-state index contributed by atoms with van der Waals surface area (Å²) in [6.45, 7) is 6.10. The lowest BCUT2D eigenvalue weighted by Crippen LogP contribution is -2.52. The van der Waals surface area contributed by atoms with E-state index in [4.69, 9.17) is 4.74 Å². The van der Waals surface area contributed by atoms with E-state index in [9.17, 15) is 14.7 Å². The maximum Gasteiger partial charge on any atom is 0.331 e. The van der Waals surface area contributed by atoms with Gasteiger partial charge in [0.2, 0.25) is 0 Å². The van der Waals surface area contributed by atoms with Gasteiger partial charge in [-0.15, -0.1) is 0 Å². The summed E-state index contributed by atoms with van der Waals surface area (Å²) in [4.78, 5) is 23.1. The fourth-order valence-electron chi connectivity index (χ4n) is 6.97. The lowest BCUT2D eigenvalue weighted by atomic mass is 9.45. The van der Waals surface area contributed by atoms with Crippen LogP contribution in [0, 0.1) is 34.5 Å². The molecule has 4 rings (SSSR count). The standard InChI is InChI=1S/C22H30O4/c1-13(23)26-19-9-8-17-16-7-6-15-5-4-14(20(24)25)12-22(15,3)18(16)10-11-21(17,19)2/h4,9,15-18H,5-8,10-12H2,1-3H3,(H,24,25)/t15-,16+,17+,18+,21+,22+/m1/s1. The van der Waals surface area contributed by atoms with Crippen molar-refractivity contribution < 1.29 is 19.4 Å². The highest BCUT2D eigenvalue weighted by atomic mass is 16.5. The first kappa shape index (κ1) is 17.8. The van der Waals surface area contributed by atoms with Crippen molar-refractivity contribution in [1.82, 2.24) is 0 Å². The number of esters is 1. The van der Waals surface area contributed by atoms with Gasteiger partial charge in [0.25, 0.3) is 0 Å². The minimum Gasteiger partial charge on any atom is -0.478 e. The zero-order valence-corrected chi connectivity index (χ0v) is 16.1. The SMILES string of the molecule is CC(=O)OC1=CC[C@H]2[C@@H]3CC[C@H]4CC=C(C(=O)O)C[C@]4(C)[C@H]3CC[C@]12C. The lowest BCUT2D eigenvalue weighted by molar-refractivity contribution is -0.141. The van der Waals surface area contributed by atoms with Crippen molar-refractivity contribution in [2.24, 2.45) is 34.5 Å². The molecular formula is C22H30O4. The van der Waals surface area contributed by atoms with Crippen molar-refractivity contribution in [3.05, 3.63) is 23.5 Å². The predicted molar refractivity (Wildman–Crippen MR) is 98.1 cm³/mol. The number of carbonyl (C=O) groups excluding carboxylic acids is 1. The predicted octanol–water partition coefficient (Wildman–Crippen LogP) is 4.71. The molecule has 6 atom stereocenters. The first-order valence-corrected chi connectivity index (χ1v) is 10.1. The molecule has 0 radical (unpaired) electrons. The van der Waals surface area contributed by atoms with Crippen molar-refractivity contribution in [3.63, 3.8) is 0 Å². The van der Waals surface area contributed by atoms with E-state index in [1.807, 2.05) is 6.08 Å². The van der Waals surface area contributed by atoms with Crippen LogP contribution in [0.2, 0.25) is 0 Å². The van der Waals surface area contributed by atoms with Crippen LogP contribution >= 0.6 is 0 Å². The molecule has 0 aromatic rings. The Labute approximate surface area is 155 Å². The van der Waals surface area contributed by atoms with Crippen molar-refractivity contribution in [1.29, 1.82) is 0 Å². The largest absolute Gasteiger partial charge is 0.478 e. The molecule has 0 bridgehead atoms. The van der Waals surface area contributed by atoms with Crippen LogP contribution in [0.3, 0.4) is 0 Å². The third-order valence-corrected chi connectivity index (χ3v) is 8.32. The molecule has 0 saturated heterocycles. The van der Waals surface area contributed by atoms with Gasteiger partial charge in [-0.3, -0.25) is 4.79 Å². The van der Waals surface area contributed by atoms with E-state index in [1.165, 1.54) is 19.8 Å². The van der Waals surface area contributed by atoms with Crippen molar-refractivity contribution in [2.45, 2.75) is 65.7 Å². The molecular weight excluding hydrogens is 328 g/mol. The summed E-state index contributed by atoms with van der Waals surface area (Å²) in [5.41, 5.74) is 0.676. The van der Waals surface area contributed by atoms with E-state index < -0.39 is 5.97 Å². The number of carboxylic acid groups (broad SMARTS) is 1. The molecule has 26 heavy (non-hydrogen) atoms. The van der Waals surface area contributed by atoms with Gasteiger partial charge in [0.1, 0.15) is 5.76 Å². The van der Waals surface area contributed by atoms with Gasteiger partial charge in [-0.2, -0.15) is 0 Å². The van der Waals surface area contributed by atoms with Crippen LogP contribution in [0.5, 0.6) is 0 Å². The summed E-state index contributed by atoms with van der Waals surface area (Å²) >= 11 is 0. The first-order valence-electron chi connectivity index (χ1n) is 10.1. The molecule has 2 saturated carbocycles. The number of aliphatic carboxylic acids is 1. The number of carboxylic acids is 1. The Balaban J connectivity index is 1.61. The molecule has 2 fully saturated rings. The number of carbonyl (C=O) groups is 2. The molecule has 0 spiro atoms. The van der Waals surface area contributed by atoms with Gasteiger partial charge in [0.15, 0.2) is 0 Å². The maximum absolute atomic E-state index is 11.6. The van der Waals surface area contributed by atoms with Gasteiger partial charge in [-0.25, -0.2) is 4.79 Å². The minimum absolute atomic E-state index is 0.0316. The maximum atomic E-state index is 11.6. The molecule has 0 amide bonds. The van der Waals surface area contributed by atoms with E-state index in [0.29, 0.717) is 35.7 Å². The lowest BCUT2D eigenvalue weighted by Gasteiger charge is -2.59. The Morgan fingerprint density at radius 2 is 1.88 bits per heavy atom. The third kappa shape index (κ3) is 2.48. The Bertz CT molecular complexity index is 705. The van der Waals surface area contributed by atoms with E-state index in [-0.39, 0.29) is 16.8 Å². The number of fused-ring (bicyclic) bond motifs is 5. The smallest absolute Gasteiger partial charge is 0.331 e. The molecule has 0 heterocycles. The average molecular weight is 358 g/mol. The third-order valence-electron chi connectivity index (χ3n) is 8.32. The van der Waals surface area contributed by atoms with E-state index in [2.05, 4.69) is 19.9 Å². The van der Waals surface area contributed by atoms with E-state index in [1.54, 1.807) is 0 Å². The number of hydrogen-bond acceptors (Lipinski definition) is 3. The second-order valence-corrected chi connectivity index (χ2v) is 9.46. The van der Waals surface area contributed by atoms with Crippen molar-refractivity contribution >= 4 is 11.9 Å². The monoisotopic (exact) mass is 358 g/mol. The number of allylic oxidation sites excluding steroid dienone is 3. The summed E-state index contributed by atoms with van der Waals surface area (Å²) in [5, 5.41) is 9.52. The number of hydrogen-bond donors (Lipinski definition) is 1. The van der Waals surface area contributed by atoms with Crippen LogP contribution in [-0.2, 0) is 14.3 Å². The molecule has 4 nitrogen and oxygen atoms in total. The first-order chi connectivity index (χ1) is 12.3. The molecule has 4 aliphatic rings. The highest BCUT2D eigenvalue weighted by Crippen LogP contribution is 2.66. The molecule has 1 N–H and O–H groups in total. The Morgan fingerprint density at radius 1 is 1.12 bits per heavy atom. The van der Waals surface area contributed by atoms with Crippen LogP contribution < -0.4 is 0 Å². The van der Waals surface area contributed by atoms with Crippen molar-refractivity contribution in [2.75, 3.05) is 0 Å². The summed E-state index contributed by atoms with van der Waals surface area (Å²) in [6, 6.07) is 0. The quantitative estimate of drug-likeness (QED) is 0.726. The molecule has 0 aliphatic heterocycles. The highest BCUT2D eigenvalue weighted by Gasteiger charge is 2.59. The van der Waals surface area contributed by atoms with Crippen LogP contribution in [-0.4, -0.2) is 17.0 Å². The second kappa shape index (κ2) is 5.97. The molecule has 4 aliphatic carbocycles. The Morgan fingerprint density at radius 3 is 2.58 bits per heavy atom. The molecule has 0 aromatic heterocycles. The Hall–Kier alpha value is -1.58. The summed E-state index contributed by atoms with van der Waals surface area (Å²) in [7, 11) is 0. The van der Waals surface area contributed by atoms with Crippen LogP contribution in [0.25, 0.3) is 0 Å². The van der Waals surface area contributed by atoms with Gasteiger partial charge in [-0.05, 0) is 80.1 Å². The van der Waals surface area contributed by atoms with Crippen LogP contribution in [0.15, 0.2) is 23.5 Å². The zero-order valence-electron chi connectivity index (χ0n) is 16.1. The van der Waals surface area contributed by atoms with Gasteiger partial charge < -0.3 is 9.84 Å². The zero-order chi connectivity index (χ0) is 18.7. The normalized spacial score (nSPS) is 44.1. The average Bonchev–Trinajstić information content (AvgIpc) is 2.89. The van der Waals surface area contributed by atoms with Crippen LogP contribution in [0.1, 0.15) is 65.7 Å². The molecule has 0 unspecified atom stereocenters. The molecule has 4 heteroatoms. The van der Waals surface area contributed by atoms with Gasteiger partial charge in [-0.1, -0.05) is 19.9 Å². The Kier molecular flexibility index (Phi) is 4.09. The molecule has 0 aromatic carbocycles. The number of rotatable bonds is 2. The summed E-state index contributed by atoms with van der Waals surface area (Å²) < 4.78 is 5.58. The van der Waals surface area contributed by atoms with Gasteiger partial charge in [0.05, 0.1) is 0 Å². The fourth-order valence-corrected chi connectivity index (χ4v) is 6.97. The summed E-state index contributed by atoms with van der Waals surface area (Å²) in [6.07, 6.45) is 11.3. The number of ether oxygens (including phenoxy) is 1. The molecule has 142 valence electrons. The minimum atomic E-state index is -0.743. The fraction of sp³-hybridized carbons (Fsp3) is 0.727. The second-order valence-electron chi connectivity index (χ2n) is 9.46. The summed E-state index contributed by atoms with van der Waals surface area (Å²) in [5.74, 6) is 2.23.